The summed E-state index contributed by atoms with van der Waals surface area (Å²) in [6, 6.07) is 7.17. The second-order valence-corrected chi connectivity index (χ2v) is 9.81. The third-order valence-corrected chi connectivity index (χ3v) is 7.71. The number of rotatable bonds is 5. The van der Waals surface area contributed by atoms with Crippen molar-refractivity contribution >= 4 is 26.8 Å². The molecule has 4 rings (SSSR count). The van der Waals surface area contributed by atoms with Crippen molar-refractivity contribution < 1.29 is 17.9 Å². The maximum Gasteiger partial charge on any atom is 0.245 e. The monoisotopic (exact) mass is 417 g/mol. The first-order valence-electron chi connectivity index (χ1n) is 10.2. The van der Waals surface area contributed by atoms with Crippen molar-refractivity contribution in [2.24, 2.45) is 5.92 Å². The highest BCUT2D eigenvalue weighted by molar-refractivity contribution is 7.89. The van der Waals surface area contributed by atoms with E-state index in [4.69, 9.17) is 4.74 Å². The summed E-state index contributed by atoms with van der Waals surface area (Å²) in [6.45, 7) is 3.91. The number of nitrogens with zero attached hydrogens (tertiary/aromatic N) is 2. The zero-order valence-electron chi connectivity index (χ0n) is 16.6. The first-order chi connectivity index (χ1) is 13.9. The van der Waals surface area contributed by atoms with E-state index < -0.39 is 10.0 Å². The van der Waals surface area contributed by atoms with Crippen LogP contribution in [0.25, 0.3) is 10.9 Å². The topological polar surface area (TPSA) is 88.6 Å². The predicted octanol–water partition coefficient (Wildman–Crippen LogP) is 2.24. The first-order valence-corrected chi connectivity index (χ1v) is 11.6. The van der Waals surface area contributed by atoms with Crippen molar-refractivity contribution in [3.8, 4) is 0 Å². The number of hydrogen-bond donors (Lipinski definition) is 1. The highest BCUT2D eigenvalue weighted by Gasteiger charge is 2.33. The summed E-state index contributed by atoms with van der Waals surface area (Å²) >= 11 is 0. The van der Waals surface area contributed by atoms with Crippen molar-refractivity contribution in [2.75, 3.05) is 26.2 Å². The minimum absolute atomic E-state index is 0.000138. The van der Waals surface area contributed by atoms with E-state index in [1.165, 1.54) is 4.31 Å². The fraction of sp³-hybridized carbons (Fsp3) is 0.524. The molecule has 0 aliphatic carbocycles. The number of para-hydroxylation sites is 1. The lowest BCUT2D eigenvalue weighted by Gasteiger charge is -2.31. The molecule has 2 fully saturated rings. The Kier molecular flexibility index (Phi) is 5.85. The number of piperidine rings is 1. The minimum Gasteiger partial charge on any atom is -0.376 e. The van der Waals surface area contributed by atoms with Gasteiger partial charge in [0.25, 0.3) is 0 Å². The zero-order valence-corrected chi connectivity index (χ0v) is 17.5. The number of ether oxygens (including phenoxy) is 1. The van der Waals surface area contributed by atoms with Gasteiger partial charge in [-0.05, 0) is 50.3 Å². The average Bonchev–Trinajstić information content (AvgIpc) is 3.25. The van der Waals surface area contributed by atoms with Crippen LogP contribution in [0.2, 0.25) is 0 Å². The van der Waals surface area contributed by atoms with Gasteiger partial charge in [-0.25, -0.2) is 8.42 Å². The molecule has 1 aromatic heterocycles. The standard InChI is InChI=1S/C21H27N3O4S/c1-15-12-17-4-2-6-19(20(17)22-13-15)29(26,27)24-9-7-16(8-10-24)21(25)23-14-18-5-3-11-28-18/h2,4,6,12-13,16,18H,3,5,7-11,14H2,1H3,(H,23,25)/t18-/m0/s1. The van der Waals surface area contributed by atoms with Gasteiger partial charge in [0.15, 0.2) is 0 Å². The van der Waals surface area contributed by atoms with Crippen LogP contribution in [0, 0.1) is 12.8 Å². The van der Waals surface area contributed by atoms with E-state index in [2.05, 4.69) is 10.3 Å². The van der Waals surface area contributed by atoms with Crippen molar-refractivity contribution in [3.63, 3.8) is 0 Å². The van der Waals surface area contributed by atoms with Crippen LogP contribution in [-0.2, 0) is 19.6 Å². The largest absolute Gasteiger partial charge is 0.376 e. The summed E-state index contributed by atoms with van der Waals surface area (Å²) in [5.41, 5.74) is 1.48. The van der Waals surface area contributed by atoms with E-state index in [-0.39, 0.29) is 22.8 Å². The molecule has 29 heavy (non-hydrogen) atoms. The van der Waals surface area contributed by atoms with Crippen LogP contribution in [0.3, 0.4) is 0 Å². The third kappa shape index (κ3) is 4.29. The smallest absolute Gasteiger partial charge is 0.245 e. The Bertz CT molecular complexity index is 994. The van der Waals surface area contributed by atoms with Gasteiger partial charge in [-0.1, -0.05) is 12.1 Å². The number of sulfonamides is 1. The molecule has 0 radical (unpaired) electrons. The molecule has 7 nitrogen and oxygen atoms in total. The molecule has 3 heterocycles. The molecule has 2 saturated heterocycles. The third-order valence-electron chi connectivity index (χ3n) is 5.78. The number of hydrogen-bond acceptors (Lipinski definition) is 5. The molecule has 1 N–H and O–H groups in total. The van der Waals surface area contributed by atoms with E-state index in [1.807, 2.05) is 19.1 Å². The molecule has 0 bridgehead atoms. The molecule has 0 spiro atoms. The summed E-state index contributed by atoms with van der Waals surface area (Å²) < 4.78 is 33.5. The quantitative estimate of drug-likeness (QED) is 0.806. The lowest BCUT2D eigenvalue weighted by molar-refractivity contribution is -0.126. The number of aromatic nitrogens is 1. The molecule has 0 unspecified atom stereocenters. The maximum absolute atomic E-state index is 13.2. The summed E-state index contributed by atoms with van der Waals surface area (Å²) in [4.78, 5) is 17.0. The fourth-order valence-corrected chi connectivity index (χ4v) is 5.75. The Balaban J connectivity index is 1.42. The Hall–Kier alpha value is -2.03. The molecular formula is C21H27N3O4S. The zero-order chi connectivity index (χ0) is 20.4. The number of pyridine rings is 1. The van der Waals surface area contributed by atoms with Gasteiger partial charge in [0, 0.05) is 43.7 Å². The molecule has 156 valence electrons. The Labute approximate surface area is 171 Å². The van der Waals surface area contributed by atoms with Crippen LogP contribution < -0.4 is 5.32 Å². The number of nitrogens with one attached hydrogen (secondary N) is 1. The van der Waals surface area contributed by atoms with Gasteiger partial charge in [-0.15, -0.1) is 0 Å². The second-order valence-electron chi connectivity index (χ2n) is 7.90. The normalized spacial score (nSPS) is 21.5. The lowest BCUT2D eigenvalue weighted by atomic mass is 9.97. The fourth-order valence-electron chi connectivity index (χ4n) is 4.11. The maximum atomic E-state index is 13.2. The molecule has 2 aliphatic heterocycles. The van der Waals surface area contributed by atoms with Crippen LogP contribution in [0.5, 0.6) is 0 Å². The Morgan fingerprint density at radius 2 is 2.07 bits per heavy atom. The lowest BCUT2D eigenvalue weighted by Crippen LogP contribution is -2.44. The molecule has 1 amide bonds. The van der Waals surface area contributed by atoms with Gasteiger partial charge in [-0.2, -0.15) is 4.31 Å². The van der Waals surface area contributed by atoms with Gasteiger partial charge in [0.2, 0.25) is 15.9 Å². The number of benzene rings is 1. The van der Waals surface area contributed by atoms with Crippen LogP contribution in [0.15, 0.2) is 35.4 Å². The molecule has 1 aromatic carbocycles. The van der Waals surface area contributed by atoms with Crippen molar-refractivity contribution in [3.05, 3.63) is 36.0 Å². The van der Waals surface area contributed by atoms with E-state index in [0.717, 1.165) is 30.4 Å². The average molecular weight is 418 g/mol. The van der Waals surface area contributed by atoms with Crippen molar-refractivity contribution in [2.45, 2.75) is 43.6 Å². The van der Waals surface area contributed by atoms with Gasteiger partial charge in [0.05, 0.1) is 11.6 Å². The van der Waals surface area contributed by atoms with Crippen molar-refractivity contribution in [1.82, 2.24) is 14.6 Å². The van der Waals surface area contributed by atoms with Crippen LogP contribution >= 0.6 is 0 Å². The second kappa shape index (κ2) is 8.38. The van der Waals surface area contributed by atoms with Crippen LogP contribution in [0.1, 0.15) is 31.2 Å². The number of carbonyl (C=O) groups is 1. The predicted molar refractivity (Wildman–Crippen MR) is 110 cm³/mol. The van der Waals surface area contributed by atoms with Gasteiger partial charge in [0.1, 0.15) is 4.90 Å². The summed E-state index contributed by atoms with van der Waals surface area (Å²) in [5.74, 6) is -0.156. The molecule has 2 aromatic rings. The molecular weight excluding hydrogens is 390 g/mol. The summed E-state index contributed by atoms with van der Waals surface area (Å²) in [6.07, 6.45) is 4.87. The number of amides is 1. The first kappa shape index (κ1) is 20.3. The van der Waals surface area contributed by atoms with Crippen LogP contribution in [-0.4, -0.2) is 56.0 Å². The number of fused-ring (bicyclic) bond motifs is 1. The highest BCUT2D eigenvalue weighted by Crippen LogP contribution is 2.28. The van der Waals surface area contributed by atoms with Gasteiger partial charge >= 0.3 is 0 Å². The molecule has 0 saturated carbocycles. The molecule has 8 heteroatoms. The SMILES string of the molecule is Cc1cnc2c(S(=O)(=O)N3CCC(C(=O)NC[C@@H]4CCCO4)CC3)cccc2c1. The van der Waals surface area contributed by atoms with Gasteiger partial charge in [-0.3, -0.25) is 9.78 Å². The van der Waals surface area contributed by atoms with E-state index in [0.29, 0.717) is 38.0 Å². The molecule has 1 atom stereocenters. The van der Waals surface area contributed by atoms with E-state index in [1.54, 1.807) is 18.3 Å². The van der Waals surface area contributed by atoms with Crippen LogP contribution in [0.4, 0.5) is 0 Å². The van der Waals surface area contributed by atoms with E-state index >= 15 is 0 Å². The summed E-state index contributed by atoms with van der Waals surface area (Å²) in [5, 5.41) is 3.78. The minimum atomic E-state index is -3.66. The number of carbonyl (C=O) groups excluding carboxylic acids is 1. The van der Waals surface area contributed by atoms with Crippen molar-refractivity contribution in [1.29, 1.82) is 0 Å². The Morgan fingerprint density at radius 1 is 1.28 bits per heavy atom. The van der Waals surface area contributed by atoms with E-state index in [9.17, 15) is 13.2 Å². The highest BCUT2D eigenvalue weighted by atomic mass is 32.2. The Morgan fingerprint density at radius 3 is 2.79 bits per heavy atom. The summed E-state index contributed by atoms with van der Waals surface area (Å²) in [7, 11) is -3.66. The molecule has 2 aliphatic rings. The number of aryl methyl sites for hydroxylation is 1. The van der Waals surface area contributed by atoms with Gasteiger partial charge < -0.3 is 10.1 Å².